The third kappa shape index (κ3) is 5.27. The summed E-state index contributed by atoms with van der Waals surface area (Å²) in [5.41, 5.74) is 0.993. The smallest absolute Gasteiger partial charge is 0.323 e. The first-order chi connectivity index (χ1) is 9.54. The van der Waals surface area contributed by atoms with Gasteiger partial charge in [0.2, 0.25) is 0 Å². The second kappa shape index (κ2) is 8.16. The summed E-state index contributed by atoms with van der Waals surface area (Å²) in [6.45, 7) is 0.602. The molecule has 1 aromatic rings. The fraction of sp³-hybridized carbons (Fsp3) is 0.583. The second-order valence-corrected chi connectivity index (χ2v) is 4.24. The van der Waals surface area contributed by atoms with Gasteiger partial charge >= 0.3 is 12.0 Å². The van der Waals surface area contributed by atoms with Crippen molar-refractivity contribution in [2.45, 2.75) is 6.42 Å². The van der Waals surface area contributed by atoms with Crippen molar-refractivity contribution in [3.63, 3.8) is 0 Å². The van der Waals surface area contributed by atoms with E-state index in [4.69, 9.17) is 9.84 Å². The van der Waals surface area contributed by atoms with Crippen LogP contribution in [0.15, 0.2) is 12.3 Å². The summed E-state index contributed by atoms with van der Waals surface area (Å²) in [5.74, 6) is -1.05. The highest BCUT2D eigenvalue weighted by atomic mass is 16.5. The molecule has 2 amide bonds. The minimum Gasteiger partial charge on any atom is -0.480 e. The first-order valence-corrected chi connectivity index (χ1v) is 6.25. The molecule has 0 aliphatic heterocycles. The van der Waals surface area contributed by atoms with Crippen LogP contribution >= 0.6 is 0 Å². The molecule has 0 bridgehead atoms. The Morgan fingerprint density at radius 3 is 2.85 bits per heavy atom. The lowest BCUT2D eigenvalue weighted by molar-refractivity contribution is -0.137. The SMILES string of the molecule is COCCN(CC(=O)O)C(=O)NCCc1ccnn1C. The van der Waals surface area contributed by atoms with Crippen LogP contribution in [0.4, 0.5) is 4.79 Å². The Labute approximate surface area is 117 Å². The summed E-state index contributed by atoms with van der Waals surface area (Å²) < 4.78 is 6.59. The normalized spacial score (nSPS) is 10.3. The van der Waals surface area contributed by atoms with Gasteiger partial charge in [0, 0.05) is 45.6 Å². The standard InChI is InChI=1S/C12H20N4O4/c1-15-10(4-6-14-15)3-5-13-12(19)16(7-8-20-2)9-11(17)18/h4,6H,3,5,7-9H2,1-2H3,(H,13,19)(H,17,18). The number of aryl methyl sites for hydroxylation is 1. The van der Waals surface area contributed by atoms with Crippen LogP contribution in [0.3, 0.4) is 0 Å². The number of carboxylic acid groups (broad SMARTS) is 1. The zero-order chi connectivity index (χ0) is 15.0. The van der Waals surface area contributed by atoms with Crippen LogP contribution < -0.4 is 5.32 Å². The number of carbonyl (C=O) groups is 2. The molecule has 0 saturated heterocycles. The van der Waals surface area contributed by atoms with Crippen molar-refractivity contribution in [2.75, 3.05) is 33.4 Å². The average molecular weight is 284 g/mol. The van der Waals surface area contributed by atoms with Crippen molar-refractivity contribution in [3.05, 3.63) is 18.0 Å². The number of aliphatic carboxylic acids is 1. The number of hydrogen-bond acceptors (Lipinski definition) is 4. The van der Waals surface area contributed by atoms with Crippen LogP contribution in [0.1, 0.15) is 5.69 Å². The molecule has 2 N–H and O–H groups in total. The van der Waals surface area contributed by atoms with Crippen LogP contribution in [0, 0.1) is 0 Å². The minimum absolute atomic E-state index is 0.236. The molecular weight excluding hydrogens is 264 g/mol. The van der Waals surface area contributed by atoms with E-state index in [1.165, 1.54) is 12.0 Å². The zero-order valence-electron chi connectivity index (χ0n) is 11.7. The molecule has 1 heterocycles. The van der Waals surface area contributed by atoms with E-state index < -0.39 is 12.0 Å². The van der Waals surface area contributed by atoms with Gasteiger partial charge in [-0.05, 0) is 6.07 Å². The molecule has 8 nitrogen and oxygen atoms in total. The highest BCUT2D eigenvalue weighted by molar-refractivity contribution is 5.80. The van der Waals surface area contributed by atoms with Gasteiger partial charge in [0.15, 0.2) is 0 Å². The molecule has 0 unspecified atom stereocenters. The minimum atomic E-state index is -1.05. The average Bonchev–Trinajstić information content (AvgIpc) is 2.79. The van der Waals surface area contributed by atoms with Gasteiger partial charge in [-0.2, -0.15) is 5.10 Å². The Kier molecular flexibility index (Phi) is 6.51. The molecule has 0 spiro atoms. The predicted molar refractivity (Wildman–Crippen MR) is 71.4 cm³/mol. The van der Waals surface area contributed by atoms with Crippen LogP contribution in [-0.4, -0.2) is 65.1 Å². The molecule has 8 heteroatoms. The van der Waals surface area contributed by atoms with Gasteiger partial charge in [-0.15, -0.1) is 0 Å². The number of carbonyl (C=O) groups excluding carboxylic acids is 1. The molecular formula is C12H20N4O4. The summed E-state index contributed by atoms with van der Waals surface area (Å²) in [4.78, 5) is 23.8. The van der Waals surface area contributed by atoms with E-state index in [9.17, 15) is 9.59 Å². The van der Waals surface area contributed by atoms with Gasteiger partial charge in [0.1, 0.15) is 6.54 Å². The number of rotatable bonds is 8. The van der Waals surface area contributed by atoms with E-state index in [2.05, 4.69) is 10.4 Å². The summed E-state index contributed by atoms with van der Waals surface area (Å²) in [6.07, 6.45) is 2.32. The Balaban J connectivity index is 2.40. The topological polar surface area (TPSA) is 96.7 Å². The number of amides is 2. The molecule has 20 heavy (non-hydrogen) atoms. The van der Waals surface area contributed by atoms with E-state index in [1.54, 1.807) is 10.9 Å². The van der Waals surface area contributed by atoms with E-state index in [-0.39, 0.29) is 13.1 Å². The third-order valence-corrected chi connectivity index (χ3v) is 2.76. The van der Waals surface area contributed by atoms with Crippen LogP contribution in [0.5, 0.6) is 0 Å². The van der Waals surface area contributed by atoms with Gasteiger partial charge < -0.3 is 20.1 Å². The Morgan fingerprint density at radius 2 is 2.30 bits per heavy atom. The molecule has 0 saturated carbocycles. The van der Waals surface area contributed by atoms with Crippen molar-refractivity contribution in [3.8, 4) is 0 Å². The maximum atomic E-state index is 11.9. The number of hydrogen-bond donors (Lipinski definition) is 2. The van der Waals surface area contributed by atoms with Gasteiger partial charge in [-0.1, -0.05) is 0 Å². The van der Waals surface area contributed by atoms with Gasteiger partial charge in [0.05, 0.1) is 6.61 Å². The summed E-state index contributed by atoms with van der Waals surface area (Å²) >= 11 is 0. The van der Waals surface area contributed by atoms with Crippen molar-refractivity contribution < 1.29 is 19.4 Å². The molecule has 0 atom stereocenters. The molecule has 112 valence electrons. The fourth-order valence-corrected chi connectivity index (χ4v) is 1.67. The number of nitrogens with zero attached hydrogens (tertiary/aromatic N) is 3. The third-order valence-electron chi connectivity index (χ3n) is 2.76. The second-order valence-electron chi connectivity index (χ2n) is 4.24. The van der Waals surface area contributed by atoms with Gasteiger partial charge in [-0.3, -0.25) is 9.48 Å². The Hall–Kier alpha value is -2.09. The summed E-state index contributed by atoms with van der Waals surface area (Å²) in [5, 5.41) is 15.5. The van der Waals surface area contributed by atoms with Crippen LogP contribution in [0.2, 0.25) is 0 Å². The highest BCUT2D eigenvalue weighted by Crippen LogP contribution is 1.97. The highest BCUT2D eigenvalue weighted by Gasteiger charge is 2.15. The Morgan fingerprint density at radius 1 is 1.55 bits per heavy atom. The number of methoxy groups -OCH3 is 1. The number of urea groups is 1. The van der Waals surface area contributed by atoms with E-state index >= 15 is 0 Å². The first-order valence-electron chi connectivity index (χ1n) is 6.25. The lowest BCUT2D eigenvalue weighted by Crippen LogP contribution is -2.44. The van der Waals surface area contributed by atoms with Crippen molar-refractivity contribution in [1.82, 2.24) is 20.0 Å². The van der Waals surface area contributed by atoms with Crippen molar-refractivity contribution >= 4 is 12.0 Å². The molecule has 1 aromatic heterocycles. The monoisotopic (exact) mass is 284 g/mol. The van der Waals surface area contributed by atoms with E-state index in [1.807, 2.05) is 13.1 Å². The number of ether oxygens (including phenoxy) is 1. The largest absolute Gasteiger partial charge is 0.480 e. The molecule has 0 fully saturated rings. The predicted octanol–water partition coefficient (Wildman–Crippen LogP) is -0.295. The first kappa shape index (κ1) is 16.0. The Bertz CT molecular complexity index is 446. The molecule has 1 rings (SSSR count). The maximum absolute atomic E-state index is 11.9. The van der Waals surface area contributed by atoms with Gasteiger partial charge in [0.25, 0.3) is 0 Å². The van der Waals surface area contributed by atoms with Crippen LogP contribution in [-0.2, 0) is 23.0 Å². The quantitative estimate of drug-likeness (QED) is 0.683. The zero-order valence-corrected chi connectivity index (χ0v) is 11.7. The number of nitrogens with one attached hydrogen (secondary N) is 1. The number of carboxylic acids is 1. The summed E-state index contributed by atoms with van der Waals surface area (Å²) in [6, 6.07) is 1.46. The molecule has 0 radical (unpaired) electrons. The lowest BCUT2D eigenvalue weighted by Gasteiger charge is -2.20. The van der Waals surface area contributed by atoms with Crippen molar-refractivity contribution in [1.29, 1.82) is 0 Å². The van der Waals surface area contributed by atoms with Gasteiger partial charge in [-0.25, -0.2) is 4.79 Å². The molecule has 0 aliphatic rings. The van der Waals surface area contributed by atoms with E-state index in [0.717, 1.165) is 5.69 Å². The molecule has 0 aliphatic carbocycles. The number of aromatic nitrogens is 2. The lowest BCUT2D eigenvalue weighted by atomic mass is 10.3. The maximum Gasteiger partial charge on any atom is 0.323 e. The molecule has 0 aromatic carbocycles. The summed E-state index contributed by atoms with van der Waals surface area (Å²) in [7, 11) is 3.33. The van der Waals surface area contributed by atoms with Crippen molar-refractivity contribution in [2.24, 2.45) is 7.05 Å². The fourth-order valence-electron chi connectivity index (χ4n) is 1.67. The van der Waals surface area contributed by atoms with Crippen LogP contribution in [0.25, 0.3) is 0 Å². The van der Waals surface area contributed by atoms with E-state index in [0.29, 0.717) is 19.6 Å².